The predicted molar refractivity (Wildman–Crippen MR) is 88.7 cm³/mol. The van der Waals surface area contributed by atoms with Crippen molar-refractivity contribution in [2.24, 2.45) is 0 Å². The van der Waals surface area contributed by atoms with Crippen LogP contribution in [0.4, 0.5) is 11.4 Å². The second-order valence-corrected chi connectivity index (χ2v) is 5.65. The molecule has 2 N–H and O–H groups in total. The number of anilines is 2. The van der Waals surface area contributed by atoms with Crippen molar-refractivity contribution < 1.29 is 4.74 Å². The summed E-state index contributed by atoms with van der Waals surface area (Å²) in [6, 6.07) is 14.2. The third-order valence-corrected chi connectivity index (χ3v) is 3.65. The van der Waals surface area contributed by atoms with Gasteiger partial charge in [0.15, 0.2) is 0 Å². The number of nitrogen functional groups attached to an aromatic ring is 1. The molecule has 19 heavy (non-hydrogen) atoms. The van der Waals surface area contributed by atoms with Gasteiger partial charge in [-0.2, -0.15) is 0 Å². The fourth-order valence-corrected chi connectivity index (χ4v) is 2.48. The summed E-state index contributed by atoms with van der Waals surface area (Å²) in [7, 11) is 3.72. The van der Waals surface area contributed by atoms with Crippen molar-refractivity contribution in [2.45, 2.75) is 6.54 Å². The van der Waals surface area contributed by atoms with Gasteiger partial charge in [-0.15, -0.1) is 0 Å². The zero-order valence-electron chi connectivity index (χ0n) is 11.1. The molecule has 0 aromatic heterocycles. The second kappa shape index (κ2) is 6.14. The largest absolute Gasteiger partial charge is 0.497 e. The highest BCUT2D eigenvalue weighted by Gasteiger charge is 2.06. The smallest absolute Gasteiger partial charge is 0.118 e. The van der Waals surface area contributed by atoms with E-state index in [0.29, 0.717) is 0 Å². The highest BCUT2D eigenvalue weighted by molar-refractivity contribution is 14.1. The zero-order chi connectivity index (χ0) is 13.8. The highest BCUT2D eigenvalue weighted by Crippen LogP contribution is 2.25. The Bertz CT molecular complexity index is 555. The van der Waals surface area contributed by atoms with Crippen LogP contribution in [0.25, 0.3) is 0 Å². The van der Waals surface area contributed by atoms with E-state index in [4.69, 9.17) is 10.5 Å². The molecular weight excluding hydrogens is 351 g/mol. The molecule has 0 unspecified atom stereocenters. The molecular formula is C15H17IN2O. The number of hydrogen-bond acceptors (Lipinski definition) is 3. The van der Waals surface area contributed by atoms with Gasteiger partial charge in [0.05, 0.1) is 18.5 Å². The van der Waals surface area contributed by atoms with Gasteiger partial charge in [-0.05, 0) is 58.5 Å². The minimum atomic E-state index is 0.808. The lowest BCUT2D eigenvalue weighted by molar-refractivity contribution is 0.414. The molecule has 2 aromatic rings. The van der Waals surface area contributed by atoms with Crippen LogP contribution >= 0.6 is 22.6 Å². The van der Waals surface area contributed by atoms with Gasteiger partial charge in [-0.3, -0.25) is 0 Å². The van der Waals surface area contributed by atoms with Crippen LogP contribution < -0.4 is 15.4 Å². The Morgan fingerprint density at radius 1 is 1.16 bits per heavy atom. The monoisotopic (exact) mass is 368 g/mol. The van der Waals surface area contributed by atoms with Crippen LogP contribution in [0.3, 0.4) is 0 Å². The van der Waals surface area contributed by atoms with Gasteiger partial charge in [0, 0.05) is 17.2 Å². The minimum Gasteiger partial charge on any atom is -0.497 e. The predicted octanol–water partition coefficient (Wildman–Crippen LogP) is 3.52. The third-order valence-electron chi connectivity index (χ3n) is 2.98. The summed E-state index contributed by atoms with van der Waals surface area (Å²) in [5.74, 6) is 0.875. The number of nitrogens with two attached hydrogens (primary N) is 1. The molecule has 0 saturated carbocycles. The Kier molecular flexibility index (Phi) is 4.52. The van der Waals surface area contributed by atoms with Crippen molar-refractivity contribution >= 4 is 34.0 Å². The summed E-state index contributed by atoms with van der Waals surface area (Å²) in [5.41, 5.74) is 9.14. The SMILES string of the molecule is COc1ccc(CN(C)c2ccc(I)cc2N)cc1. The van der Waals surface area contributed by atoms with E-state index in [1.165, 1.54) is 5.56 Å². The highest BCUT2D eigenvalue weighted by atomic mass is 127. The van der Waals surface area contributed by atoms with Crippen LogP contribution in [0.15, 0.2) is 42.5 Å². The van der Waals surface area contributed by atoms with E-state index in [2.05, 4.69) is 51.8 Å². The van der Waals surface area contributed by atoms with Crippen LogP contribution in [0.5, 0.6) is 5.75 Å². The molecule has 0 atom stereocenters. The van der Waals surface area contributed by atoms with Crippen molar-refractivity contribution in [3.8, 4) is 5.75 Å². The number of rotatable bonds is 4. The van der Waals surface area contributed by atoms with E-state index < -0.39 is 0 Å². The Morgan fingerprint density at radius 2 is 1.84 bits per heavy atom. The lowest BCUT2D eigenvalue weighted by Crippen LogP contribution is -2.17. The molecule has 2 aromatic carbocycles. The summed E-state index contributed by atoms with van der Waals surface area (Å²) in [4.78, 5) is 2.15. The average molecular weight is 368 g/mol. The first kappa shape index (κ1) is 14.0. The van der Waals surface area contributed by atoms with Crippen molar-refractivity contribution in [2.75, 3.05) is 24.8 Å². The number of ether oxygens (including phenoxy) is 1. The quantitative estimate of drug-likeness (QED) is 0.663. The Hall–Kier alpha value is -1.43. The first-order valence-electron chi connectivity index (χ1n) is 5.99. The lowest BCUT2D eigenvalue weighted by atomic mass is 10.2. The van der Waals surface area contributed by atoms with E-state index in [0.717, 1.165) is 27.2 Å². The molecule has 100 valence electrons. The van der Waals surface area contributed by atoms with E-state index in [-0.39, 0.29) is 0 Å². The van der Waals surface area contributed by atoms with Gasteiger partial charge in [0.1, 0.15) is 5.75 Å². The molecule has 0 saturated heterocycles. The molecule has 0 amide bonds. The topological polar surface area (TPSA) is 38.5 Å². The Morgan fingerprint density at radius 3 is 2.42 bits per heavy atom. The molecule has 2 rings (SSSR count). The van der Waals surface area contributed by atoms with Gasteiger partial charge in [-0.25, -0.2) is 0 Å². The molecule has 0 bridgehead atoms. The fraction of sp³-hybridized carbons (Fsp3) is 0.200. The summed E-state index contributed by atoms with van der Waals surface area (Å²) in [5, 5.41) is 0. The number of hydrogen-bond donors (Lipinski definition) is 1. The molecule has 0 fully saturated rings. The molecule has 3 nitrogen and oxygen atoms in total. The maximum atomic E-state index is 6.06. The molecule has 0 aliphatic heterocycles. The van der Waals surface area contributed by atoms with Gasteiger partial charge >= 0.3 is 0 Å². The number of halogens is 1. The Balaban J connectivity index is 2.13. The normalized spacial score (nSPS) is 10.3. The molecule has 0 heterocycles. The van der Waals surface area contributed by atoms with Crippen LogP contribution in [-0.4, -0.2) is 14.2 Å². The summed E-state index contributed by atoms with van der Waals surface area (Å²) >= 11 is 2.26. The molecule has 0 aliphatic rings. The molecule has 0 radical (unpaired) electrons. The lowest BCUT2D eigenvalue weighted by Gasteiger charge is -2.21. The van der Waals surface area contributed by atoms with E-state index in [1.54, 1.807) is 7.11 Å². The number of methoxy groups -OCH3 is 1. The van der Waals surface area contributed by atoms with Crippen LogP contribution in [0.2, 0.25) is 0 Å². The molecule has 0 spiro atoms. The van der Waals surface area contributed by atoms with Crippen molar-refractivity contribution in [1.82, 2.24) is 0 Å². The number of nitrogens with zero attached hydrogens (tertiary/aromatic N) is 1. The standard InChI is InChI=1S/C15H17IN2O/c1-18(15-8-5-12(16)9-14(15)17)10-11-3-6-13(19-2)7-4-11/h3-9H,10,17H2,1-2H3. The van der Waals surface area contributed by atoms with Crippen molar-refractivity contribution in [1.29, 1.82) is 0 Å². The fourth-order valence-electron chi connectivity index (χ4n) is 1.96. The van der Waals surface area contributed by atoms with Gasteiger partial charge in [0.2, 0.25) is 0 Å². The molecule has 0 aliphatic carbocycles. The zero-order valence-corrected chi connectivity index (χ0v) is 13.2. The first-order chi connectivity index (χ1) is 9.10. The van der Waals surface area contributed by atoms with E-state index in [9.17, 15) is 0 Å². The van der Waals surface area contributed by atoms with E-state index in [1.807, 2.05) is 25.2 Å². The van der Waals surface area contributed by atoms with Crippen LogP contribution in [-0.2, 0) is 6.54 Å². The van der Waals surface area contributed by atoms with E-state index >= 15 is 0 Å². The first-order valence-corrected chi connectivity index (χ1v) is 7.07. The minimum absolute atomic E-state index is 0.808. The Labute approximate surface area is 127 Å². The van der Waals surface area contributed by atoms with Crippen molar-refractivity contribution in [3.63, 3.8) is 0 Å². The maximum absolute atomic E-state index is 6.06. The van der Waals surface area contributed by atoms with Crippen LogP contribution in [0, 0.1) is 3.57 Å². The summed E-state index contributed by atoms with van der Waals surface area (Å²) < 4.78 is 6.31. The van der Waals surface area contributed by atoms with Gasteiger partial charge in [0.25, 0.3) is 0 Å². The maximum Gasteiger partial charge on any atom is 0.118 e. The summed E-state index contributed by atoms with van der Waals surface area (Å²) in [6.07, 6.45) is 0. The van der Waals surface area contributed by atoms with Crippen LogP contribution in [0.1, 0.15) is 5.56 Å². The average Bonchev–Trinajstić information content (AvgIpc) is 2.39. The van der Waals surface area contributed by atoms with Gasteiger partial charge < -0.3 is 15.4 Å². The van der Waals surface area contributed by atoms with Crippen molar-refractivity contribution in [3.05, 3.63) is 51.6 Å². The third kappa shape index (κ3) is 3.53. The summed E-state index contributed by atoms with van der Waals surface area (Å²) in [6.45, 7) is 0.814. The molecule has 4 heteroatoms. The van der Waals surface area contributed by atoms with Gasteiger partial charge in [-0.1, -0.05) is 12.1 Å². The number of benzene rings is 2. The second-order valence-electron chi connectivity index (χ2n) is 4.41.